The number of nitrogen functional groups attached to an aromatic ring is 1. The van der Waals surface area contributed by atoms with Gasteiger partial charge in [0.2, 0.25) is 0 Å². The van der Waals surface area contributed by atoms with Gasteiger partial charge in [-0.25, -0.2) is 0 Å². The van der Waals surface area contributed by atoms with Gasteiger partial charge in [0, 0.05) is 18.0 Å². The number of hydrogen-bond acceptors (Lipinski definition) is 3. The van der Waals surface area contributed by atoms with E-state index in [1.807, 2.05) is 25.1 Å². The highest BCUT2D eigenvalue weighted by molar-refractivity contribution is 5.50. The summed E-state index contributed by atoms with van der Waals surface area (Å²) in [5, 5.41) is 9.17. The van der Waals surface area contributed by atoms with Crippen LogP contribution in [0.1, 0.15) is 11.1 Å². The summed E-state index contributed by atoms with van der Waals surface area (Å²) in [7, 11) is 0. The fraction of sp³-hybridized carbons (Fsp3) is 0.154. The summed E-state index contributed by atoms with van der Waals surface area (Å²) in [6.07, 6.45) is 1.57. The van der Waals surface area contributed by atoms with E-state index in [-0.39, 0.29) is 11.3 Å². The van der Waals surface area contributed by atoms with E-state index in [2.05, 4.69) is 0 Å². The van der Waals surface area contributed by atoms with Crippen LogP contribution < -0.4 is 11.3 Å². The molecule has 0 unspecified atom stereocenters. The highest BCUT2D eigenvalue weighted by atomic mass is 16.3. The molecule has 4 nitrogen and oxygen atoms in total. The van der Waals surface area contributed by atoms with Crippen LogP contribution in [-0.4, -0.2) is 9.67 Å². The SMILES string of the molecule is Cc1c(N)cccc1Cn1ccc(O)cc1=O. The van der Waals surface area contributed by atoms with E-state index in [4.69, 9.17) is 10.8 Å². The second-order valence-corrected chi connectivity index (χ2v) is 3.98. The lowest BCUT2D eigenvalue weighted by atomic mass is 10.1. The predicted molar refractivity (Wildman–Crippen MR) is 67.1 cm³/mol. The molecule has 0 radical (unpaired) electrons. The van der Waals surface area contributed by atoms with Crippen LogP contribution in [0.25, 0.3) is 0 Å². The molecule has 1 heterocycles. The molecule has 2 aromatic rings. The van der Waals surface area contributed by atoms with Crippen LogP contribution in [0.5, 0.6) is 5.75 Å². The monoisotopic (exact) mass is 230 g/mol. The number of nitrogens with two attached hydrogens (primary N) is 1. The quantitative estimate of drug-likeness (QED) is 0.768. The normalized spacial score (nSPS) is 10.4. The van der Waals surface area contributed by atoms with Crippen LogP contribution in [-0.2, 0) is 6.54 Å². The molecule has 88 valence electrons. The number of benzene rings is 1. The average molecular weight is 230 g/mol. The van der Waals surface area contributed by atoms with Gasteiger partial charge in [-0.05, 0) is 30.2 Å². The van der Waals surface area contributed by atoms with Gasteiger partial charge < -0.3 is 15.4 Å². The Balaban J connectivity index is 2.38. The number of hydrogen-bond donors (Lipinski definition) is 2. The minimum atomic E-state index is -0.230. The molecular formula is C13H14N2O2. The molecule has 0 amide bonds. The van der Waals surface area contributed by atoms with Crippen molar-refractivity contribution in [2.75, 3.05) is 5.73 Å². The Hall–Kier alpha value is -2.23. The highest BCUT2D eigenvalue weighted by Crippen LogP contribution is 2.16. The topological polar surface area (TPSA) is 68.2 Å². The van der Waals surface area contributed by atoms with Gasteiger partial charge in [0.25, 0.3) is 5.56 Å². The van der Waals surface area contributed by atoms with E-state index in [0.29, 0.717) is 12.2 Å². The van der Waals surface area contributed by atoms with Gasteiger partial charge in [0.15, 0.2) is 0 Å². The zero-order chi connectivity index (χ0) is 12.4. The first-order chi connectivity index (χ1) is 8.08. The van der Waals surface area contributed by atoms with Gasteiger partial charge in [-0.3, -0.25) is 4.79 Å². The molecule has 1 aromatic carbocycles. The summed E-state index contributed by atoms with van der Waals surface area (Å²) in [5.74, 6) is -0.0180. The largest absolute Gasteiger partial charge is 0.508 e. The van der Waals surface area contributed by atoms with E-state index < -0.39 is 0 Å². The molecule has 0 saturated carbocycles. The van der Waals surface area contributed by atoms with Crippen molar-refractivity contribution in [1.82, 2.24) is 4.57 Å². The van der Waals surface area contributed by atoms with Gasteiger partial charge in [-0.2, -0.15) is 0 Å². The fourth-order valence-electron chi connectivity index (χ4n) is 1.69. The fourth-order valence-corrected chi connectivity index (χ4v) is 1.69. The van der Waals surface area contributed by atoms with Crippen LogP contribution in [0.3, 0.4) is 0 Å². The van der Waals surface area contributed by atoms with E-state index in [0.717, 1.165) is 11.1 Å². The molecule has 2 rings (SSSR count). The van der Waals surface area contributed by atoms with Gasteiger partial charge in [-0.1, -0.05) is 12.1 Å². The first-order valence-corrected chi connectivity index (χ1v) is 5.31. The molecule has 0 bridgehead atoms. The summed E-state index contributed by atoms with van der Waals surface area (Å²) < 4.78 is 1.53. The van der Waals surface area contributed by atoms with Crippen LogP contribution in [0.2, 0.25) is 0 Å². The van der Waals surface area contributed by atoms with Crippen molar-refractivity contribution in [3.8, 4) is 5.75 Å². The highest BCUT2D eigenvalue weighted by Gasteiger charge is 2.03. The summed E-state index contributed by atoms with van der Waals surface area (Å²) >= 11 is 0. The Morgan fingerprint density at radius 2 is 2.12 bits per heavy atom. The maximum Gasteiger partial charge on any atom is 0.254 e. The molecule has 0 saturated heterocycles. The third kappa shape index (κ3) is 2.30. The molecule has 0 aliphatic heterocycles. The Bertz CT molecular complexity index is 603. The lowest BCUT2D eigenvalue weighted by molar-refractivity contribution is 0.471. The van der Waals surface area contributed by atoms with Gasteiger partial charge >= 0.3 is 0 Å². The van der Waals surface area contributed by atoms with Crippen molar-refractivity contribution < 1.29 is 5.11 Å². The molecule has 3 N–H and O–H groups in total. The van der Waals surface area contributed by atoms with Crippen molar-refractivity contribution >= 4 is 5.69 Å². The summed E-state index contributed by atoms with van der Waals surface area (Å²) in [6, 6.07) is 8.32. The standard InChI is InChI=1S/C13H14N2O2/c1-9-10(3-2-4-12(9)14)8-15-6-5-11(16)7-13(15)17/h2-7,16H,8,14H2,1H3. The van der Waals surface area contributed by atoms with Crippen LogP contribution in [0.15, 0.2) is 41.3 Å². The molecule has 4 heteroatoms. The van der Waals surface area contributed by atoms with E-state index in [1.54, 1.807) is 6.20 Å². The van der Waals surface area contributed by atoms with Gasteiger partial charge in [-0.15, -0.1) is 0 Å². The Morgan fingerprint density at radius 3 is 2.82 bits per heavy atom. The van der Waals surface area contributed by atoms with Crippen molar-refractivity contribution in [1.29, 1.82) is 0 Å². The Labute approximate surface area is 98.9 Å². The Kier molecular flexibility index (Phi) is 2.87. The third-order valence-electron chi connectivity index (χ3n) is 2.81. The van der Waals surface area contributed by atoms with Crippen molar-refractivity contribution in [2.24, 2.45) is 0 Å². The minimum absolute atomic E-state index is 0.0180. The summed E-state index contributed by atoms with van der Waals surface area (Å²) in [5.41, 5.74) is 8.27. The number of aromatic hydroxyl groups is 1. The zero-order valence-electron chi connectivity index (χ0n) is 9.55. The number of nitrogens with zero attached hydrogens (tertiary/aromatic N) is 1. The zero-order valence-corrected chi connectivity index (χ0v) is 9.55. The molecule has 0 fully saturated rings. The second kappa shape index (κ2) is 4.33. The molecule has 0 atom stereocenters. The number of anilines is 1. The summed E-state index contributed by atoms with van der Waals surface area (Å²) in [4.78, 5) is 11.6. The molecular weight excluding hydrogens is 216 g/mol. The van der Waals surface area contributed by atoms with E-state index >= 15 is 0 Å². The van der Waals surface area contributed by atoms with Crippen molar-refractivity contribution in [3.63, 3.8) is 0 Å². The maximum absolute atomic E-state index is 11.6. The predicted octanol–water partition coefficient (Wildman–Crippen LogP) is 1.49. The number of aromatic nitrogens is 1. The molecule has 17 heavy (non-hydrogen) atoms. The van der Waals surface area contributed by atoms with Crippen molar-refractivity contribution in [3.05, 3.63) is 58.0 Å². The molecule has 1 aromatic heterocycles. The van der Waals surface area contributed by atoms with E-state index in [9.17, 15) is 4.79 Å². The van der Waals surface area contributed by atoms with Crippen LogP contribution >= 0.6 is 0 Å². The lowest BCUT2D eigenvalue weighted by Gasteiger charge is -2.10. The first-order valence-electron chi connectivity index (χ1n) is 5.31. The molecule has 0 spiro atoms. The van der Waals surface area contributed by atoms with Gasteiger partial charge in [0.1, 0.15) is 5.75 Å². The smallest absolute Gasteiger partial charge is 0.254 e. The first kappa shape index (κ1) is 11.3. The third-order valence-corrected chi connectivity index (χ3v) is 2.81. The number of rotatable bonds is 2. The minimum Gasteiger partial charge on any atom is -0.508 e. The van der Waals surface area contributed by atoms with Gasteiger partial charge in [0.05, 0.1) is 6.54 Å². The molecule has 0 aliphatic carbocycles. The lowest BCUT2D eigenvalue weighted by Crippen LogP contribution is -2.19. The van der Waals surface area contributed by atoms with E-state index in [1.165, 1.54) is 16.7 Å². The second-order valence-electron chi connectivity index (χ2n) is 3.98. The maximum atomic E-state index is 11.6. The average Bonchev–Trinajstić information content (AvgIpc) is 2.28. The molecule has 0 aliphatic rings. The van der Waals surface area contributed by atoms with Crippen LogP contribution in [0.4, 0.5) is 5.69 Å². The summed E-state index contributed by atoms with van der Waals surface area (Å²) in [6.45, 7) is 2.38. The van der Waals surface area contributed by atoms with Crippen LogP contribution in [0, 0.1) is 6.92 Å². The number of pyridine rings is 1. The van der Waals surface area contributed by atoms with Crippen molar-refractivity contribution in [2.45, 2.75) is 13.5 Å². The Morgan fingerprint density at radius 1 is 1.35 bits per heavy atom.